The lowest BCUT2D eigenvalue weighted by Crippen LogP contribution is -2.40. The van der Waals surface area contributed by atoms with Gasteiger partial charge in [0.05, 0.1) is 48.2 Å². The molecule has 0 radical (unpaired) electrons. The minimum Gasteiger partial charge on any atom is -0.493 e. The normalized spacial score (nSPS) is 14.7. The highest BCUT2D eigenvalue weighted by Gasteiger charge is 2.34. The topological polar surface area (TPSA) is 121 Å². The number of hydrogen-bond acceptors (Lipinski definition) is 8. The summed E-state index contributed by atoms with van der Waals surface area (Å²) in [6, 6.07) is 13.1. The Morgan fingerprint density at radius 2 is 1.72 bits per heavy atom. The molecule has 222 valence electrons. The fourth-order valence-corrected chi connectivity index (χ4v) is 6.39. The van der Waals surface area contributed by atoms with Crippen LogP contribution in [0.15, 0.2) is 69.6 Å². The number of nitrogens with zero attached hydrogens (tertiary/aromatic N) is 3. The van der Waals surface area contributed by atoms with Gasteiger partial charge in [0, 0.05) is 17.1 Å². The molecule has 0 amide bonds. The largest absolute Gasteiger partial charge is 0.493 e. The first-order valence-electron chi connectivity index (χ1n) is 13.5. The van der Waals surface area contributed by atoms with E-state index in [1.54, 1.807) is 56.3 Å². The number of carbonyl (C=O) groups excluding carboxylic acids is 1. The van der Waals surface area contributed by atoms with Gasteiger partial charge in [0.25, 0.3) is 5.56 Å². The molecule has 2 aromatic heterocycles. The van der Waals surface area contributed by atoms with Crippen molar-refractivity contribution in [2.75, 3.05) is 20.8 Å². The molecule has 1 N–H and O–H groups in total. The third-order valence-electron chi connectivity index (χ3n) is 7.37. The number of thiazole rings is 1. The highest BCUT2D eigenvalue weighted by atomic mass is 32.1. The number of aromatic carboxylic acids is 1. The number of benzene rings is 2. The van der Waals surface area contributed by atoms with Crippen molar-refractivity contribution in [1.82, 2.24) is 9.13 Å². The molecule has 0 unspecified atom stereocenters. The van der Waals surface area contributed by atoms with Crippen LogP contribution in [-0.2, 0) is 9.53 Å². The number of allylic oxidation sites excluding steroid dienone is 1. The lowest BCUT2D eigenvalue weighted by molar-refractivity contribution is -0.139. The first kappa shape index (κ1) is 29.6. The SMILES string of the molecule is CCOC(=O)C1=C(C)N=c2s/c(=C/c3cc(C)n(-c4ccc(C(=O)O)cc4)c3C)c(=O)n2[C@H]1c1ccc(OC)c(OC)c1. The lowest BCUT2D eigenvalue weighted by Gasteiger charge is -2.25. The highest BCUT2D eigenvalue weighted by molar-refractivity contribution is 7.07. The molecular weight excluding hydrogens is 570 g/mol. The van der Waals surface area contributed by atoms with E-state index < -0.39 is 18.0 Å². The van der Waals surface area contributed by atoms with Crippen molar-refractivity contribution in [2.45, 2.75) is 33.7 Å². The number of rotatable bonds is 8. The van der Waals surface area contributed by atoms with Gasteiger partial charge in [0.2, 0.25) is 0 Å². The minimum atomic E-state index is -0.990. The Morgan fingerprint density at radius 1 is 1.02 bits per heavy atom. The van der Waals surface area contributed by atoms with Gasteiger partial charge >= 0.3 is 11.9 Å². The molecule has 10 nitrogen and oxygen atoms in total. The maximum atomic E-state index is 14.1. The maximum absolute atomic E-state index is 14.1. The summed E-state index contributed by atoms with van der Waals surface area (Å²) in [5, 5.41) is 9.26. The van der Waals surface area contributed by atoms with Crippen LogP contribution in [0.25, 0.3) is 11.8 Å². The van der Waals surface area contributed by atoms with Gasteiger partial charge in [-0.25, -0.2) is 14.6 Å². The summed E-state index contributed by atoms with van der Waals surface area (Å²) in [6.07, 6.45) is 1.82. The summed E-state index contributed by atoms with van der Waals surface area (Å²) in [6.45, 7) is 7.53. The number of carboxylic acids is 1. The molecule has 4 aromatic rings. The van der Waals surface area contributed by atoms with Crippen molar-refractivity contribution in [3.63, 3.8) is 0 Å². The van der Waals surface area contributed by atoms with Gasteiger partial charge in [-0.3, -0.25) is 9.36 Å². The van der Waals surface area contributed by atoms with Crippen LogP contribution in [0, 0.1) is 13.8 Å². The fourth-order valence-electron chi connectivity index (χ4n) is 5.36. The number of aryl methyl sites for hydroxylation is 1. The van der Waals surface area contributed by atoms with E-state index in [9.17, 15) is 19.5 Å². The quantitative estimate of drug-likeness (QED) is 0.304. The second-order valence-corrected chi connectivity index (χ2v) is 10.9. The predicted octanol–water partition coefficient (Wildman–Crippen LogP) is 3.92. The second-order valence-electron chi connectivity index (χ2n) is 9.93. The minimum absolute atomic E-state index is 0.174. The summed E-state index contributed by atoms with van der Waals surface area (Å²) in [5.41, 5.74) is 4.73. The third-order valence-corrected chi connectivity index (χ3v) is 8.35. The van der Waals surface area contributed by atoms with Gasteiger partial charge in [0.15, 0.2) is 16.3 Å². The molecule has 43 heavy (non-hydrogen) atoms. The molecule has 0 spiro atoms. The van der Waals surface area contributed by atoms with Crippen molar-refractivity contribution in [2.24, 2.45) is 4.99 Å². The molecule has 0 saturated heterocycles. The highest BCUT2D eigenvalue weighted by Crippen LogP contribution is 2.36. The summed E-state index contributed by atoms with van der Waals surface area (Å²) in [7, 11) is 3.06. The zero-order valence-electron chi connectivity index (χ0n) is 24.6. The number of esters is 1. The van der Waals surface area contributed by atoms with Crippen molar-refractivity contribution in [3.05, 3.63) is 108 Å². The summed E-state index contributed by atoms with van der Waals surface area (Å²) >= 11 is 1.24. The third kappa shape index (κ3) is 5.27. The molecule has 1 aliphatic heterocycles. The molecule has 2 aromatic carbocycles. The van der Waals surface area contributed by atoms with Crippen molar-refractivity contribution < 1.29 is 28.9 Å². The number of methoxy groups -OCH3 is 2. The predicted molar refractivity (Wildman–Crippen MR) is 162 cm³/mol. The Labute approximate surface area is 251 Å². The van der Waals surface area contributed by atoms with Gasteiger partial charge in [-0.15, -0.1) is 0 Å². The van der Waals surface area contributed by atoms with E-state index in [1.807, 2.05) is 30.6 Å². The van der Waals surface area contributed by atoms with Crippen molar-refractivity contribution >= 4 is 29.4 Å². The number of ether oxygens (including phenoxy) is 3. The van der Waals surface area contributed by atoms with E-state index >= 15 is 0 Å². The van der Waals surface area contributed by atoms with Gasteiger partial charge in [0.1, 0.15) is 0 Å². The number of fused-ring (bicyclic) bond motifs is 1. The smallest absolute Gasteiger partial charge is 0.338 e. The van der Waals surface area contributed by atoms with Crippen molar-refractivity contribution in [3.8, 4) is 17.2 Å². The van der Waals surface area contributed by atoms with E-state index in [0.29, 0.717) is 32.1 Å². The lowest BCUT2D eigenvalue weighted by atomic mass is 9.95. The van der Waals surface area contributed by atoms with E-state index in [0.717, 1.165) is 22.6 Å². The molecule has 0 bridgehead atoms. The van der Waals surface area contributed by atoms with E-state index in [4.69, 9.17) is 14.2 Å². The van der Waals surface area contributed by atoms with Gasteiger partial charge in [-0.1, -0.05) is 17.4 Å². The summed E-state index contributed by atoms with van der Waals surface area (Å²) in [4.78, 5) is 43.7. The van der Waals surface area contributed by atoms with E-state index in [-0.39, 0.29) is 23.3 Å². The Hall–Kier alpha value is -4.90. The molecule has 11 heteroatoms. The molecule has 5 rings (SSSR count). The first-order valence-corrected chi connectivity index (χ1v) is 14.4. The van der Waals surface area contributed by atoms with Crippen LogP contribution in [0.4, 0.5) is 0 Å². The number of carbonyl (C=O) groups is 2. The van der Waals surface area contributed by atoms with Crippen molar-refractivity contribution in [1.29, 1.82) is 0 Å². The average molecular weight is 602 g/mol. The standard InChI is InChI=1S/C32H31N3O7S/c1-7-42-31(39)27-18(3)33-32-35(28(27)21-10-13-24(40-5)25(15-21)41-6)29(36)26(43-32)16-22-14-17(2)34(19(22)4)23-11-8-20(9-12-23)30(37)38/h8-16,28H,7H2,1-6H3,(H,37,38)/b26-16+/t28-/m0/s1. The monoisotopic (exact) mass is 601 g/mol. The fraction of sp³-hybridized carbons (Fsp3) is 0.250. The Kier molecular flexibility index (Phi) is 8.10. The first-order chi connectivity index (χ1) is 20.6. The van der Waals surface area contributed by atoms with Gasteiger partial charge < -0.3 is 23.9 Å². The summed E-state index contributed by atoms with van der Waals surface area (Å²) < 4.78 is 20.3. The molecule has 0 aliphatic carbocycles. The Bertz CT molecular complexity index is 1960. The zero-order chi connectivity index (χ0) is 31.0. The molecule has 0 fully saturated rings. The number of carboxylic acid groups (broad SMARTS) is 1. The van der Waals surface area contributed by atoms with E-state index in [1.165, 1.54) is 30.1 Å². The molecule has 0 saturated carbocycles. The number of aromatic nitrogens is 2. The van der Waals surface area contributed by atoms with Crippen LogP contribution in [-0.4, -0.2) is 47.0 Å². The molecule has 1 aliphatic rings. The van der Waals surface area contributed by atoms with Gasteiger partial charge in [-0.2, -0.15) is 0 Å². The van der Waals surface area contributed by atoms with Crippen LogP contribution >= 0.6 is 11.3 Å². The van der Waals surface area contributed by atoms with Crippen LogP contribution in [0.2, 0.25) is 0 Å². The van der Waals surface area contributed by atoms with Crippen LogP contribution in [0.3, 0.4) is 0 Å². The molecule has 3 heterocycles. The maximum Gasteiger partial charge on any atom is 0.338 e. The second kappa shape index (κ2) is 11.8. The van der Waals surface area contributed by atoms with Crippen LogP contribution in [0.1, 0.15) is 52.8 Å². The molecule has 1 atom stereocenters. The van der Waals surface area contributed by atoms with Gasteiger partial charge in [-0.05, 0) is 87.4 Å². The zero-order valence-corrected chi connectivity index (χ0v) is 25.4. The van der Waals surface area contributed by atoms with E-state index in [2.05, 4.69) is 4.99 Å². The average Bonchev–Trinajstić information content (AvgIpc) is 3.45. The Morgan fingerprint density at radius 3 is 2.35 bits per heavy atom. The molecular formula is C32H31N3O7S. The Balaban J connectivity index is 1.68. The number of hydrogen-bond donors (Lipinski definition) is 1. The summed E-state index contributed by atoms with van der Waals surface area (Å²) in [5.74, 6) is -0.555. The van der Waals surface area contributed by atoms with Crippen LogP contribution < -0.4 is 24.4 Å². The van der Waals surface area contributed by atoms with Crippen LogP contribution in [0.5, 0.6) is 11.5 Å².